The molecule has 1 aromatic rings. The first-order valence-electron chi connectivity index (χ1n) is 6.02. The lowest BCUT2D eigenvalue weighted by atomic mass is 9.89. The lowest BCUT2D eigenvalue weighted by Crippen LogP contribution is -2.07. The van der Waals surface area contributed by atoms with Crippen LogP contribution in [0.4, 0.5) is 0 Å². The van der Waals surface area contributed by atoms with Gasteiger partial charge < -0.3 is 14.6 Å². The highest BCUT2D eigenvalue weighted by Gasteiger charge is 2.22. The third kappa shape index (κ3) is 2.81. The van der Waals surface area contributed by atoms with Gasteiger partial charge in [0.2, 0.25) is 0 Å². The van der Waals surface area contributed by atoms with Gasteiger partial charge in [0, 0.05) is 12.5 Å². The summed E-state index contributed by atoms with van der Waals surface area (Å²) in [6.07, 6.45) is 0. The normalized spacial score (nSPS) is 12.7. The van der Waals surface area contributed by atoms with Crippen molar-refractivity contribution in [3.05, 3.63) is 21.7 Å². The number of methoxy groups -OCH3 is 2. The van der Waals surface area contributed by atoms with Crippen molar-refractivity contribution >= 4 is 15.9 Å². The standard InChI is InChI=1S/C14H21BrO3/c1-8(2)12-10(9(3)7-16)6-11(17-4)14(18-5)13(12)15/h6,8-9,16H,7H2,1-5H3. The van der Waals surface area contributed by atoms with Crippen LogP contribution < -0.4 is 9.47 Å². The Hall–Kier alpha value is -0.740. The van der Waals surface area contributed by atoms with Gasteiger partial charge in [-0.15, -0.1) is 0 Å². The number of hydrogen-bond donors (Lipinski definition) is 1. The van der Waals surface area contributed by atoms with Gasteiger partial charge in [-0.1, -0.05) is 20.8 Å². The Morgan fingerprint density at radius 1 is 1.22 bits per heavy atom. The summed E-state index contributed by atoms with van der Waals surface area (Å²) in [5.74, 6) is 1.79. The molecule has 0 heterocycles. The van der Waals surface area contributed by atoms with E-state index in [0.717, 1.165) is 15.6 Å². The minimum Gasteiger partial charge on any atom is -0.493 e. The van der Waals surface area contributed by atoms with Crippen molar-refractivity contribution in [2.75, 3.05) is 20.8 Å². The Balaban J connectivity index is 3.54. The predicted octanol–water partition coefficient (Wildman–Crippen LogP) is 3.69. The summed E-state index contributed by atoms with van der Waals surface area (Å²) in [5.41, 5.74) is 2.26. The molecule has 0 amide bonds. The SMILES string of the molecule is COc1cc(C(C)CO)c(C(C)C)c(Br)c1OC. The van der Waals surface area contributed by atoms with Gasteiger partial charge in [-0.05, 0) is 39.0 Å². The molecule has 1 unspecified atom stereocenters. The van der Waals surface area contributed by atoms with Gasteiger partial charge in [0.05, 0.1) is 18.7 Å². The fourth-order valence-corrected chi connectivity index (χ4v) is 3.12. The zero-order valence-corrected chi connectivity index (χ0v) is 13.2. The molecule has 1 aromatic carbocycles. The summed E-state index contributed by atoms with van der Waals surface area (Å²) in [4.78, 5) is 0. The molecule has 0 spiro atoms. The molecule has 1 N–H and O–H groups in total. The molecule has 0 bridgehead atoms. The van der Waals surface area contributed by atoms with Crippen LogP contribution in [0, 0.1) is 0 Å². The van der Waals surface area contributed by atoms with Crippen LogP contribution in [0.15, 0.2) is 10.5 Å². The maximum absolute atomic E-state index is 9.39. The molecule has 0 saturated carbocycles. The number of hydrogen-bond acceptors (Lipinski definition) is 3. The Morgan fingerprint density at radius 2 is 1.83 bits per heavy atom. The maximum atomic E-state index is 9.39. The molecule has 1 rings (SSSR count). The molecule has 1 atom stereocenters. The Labute approximate surface area is 117 Å². The van der Waals surface area contributed by atoms with Crippen molar-refractivity contribution in [1.29, 1.82) is 0 Å². The topological polar surface area (TPSA) is 38.7 Å². The van der Waals surface area contributed by atoms with Crippen LogP contribution in [0.1, 0.15) is 43.7 Å². The molecule has 0 radical (unpaired) electrons. The lowest BCUT2D eigenvalue weighted by molar-refractivity contribution is 0.271. The highest BCUT2D eigenvalue weighted by Crippen LogP contribution is 2.44. The molecule has 0 aliphatic rings. The van der Waals surface area contributed by atoms with E-state index >= 15 is 0 Å². The van der Waals surface area contributed by atoms with E-state index in [1.807, 2.05) is 13.0 Å². The first-order chi connectivity index (χ1) is 8.47. The van der Waals surface area contributed by atoms with Crippen molar-refractivity contribution in [3.8, 4) is 11.5 Å². The van der Waals surface area contributed by atoms with E-state index in [4.69, 9.17) is 9.47 Å². The molecular formula is C14H21BrO3. The second-order valence-electron chi connectivity index (χ2n) is 4.67. The largest absolute Gasteiger partial charge is 0.493 e. The van der Waals surface area contributed by atoms with E-state index in [9.17, 15) is 5.11 Å². The summed E-state index contributed by atoms with van der Waals surface area (Å²) in [6.45, 7) is 6.36. The monoisotopic (exact) mass is 316 g/mol. The smallest absolute Gasteiger partial charge is 0.175 e. The number of ether oxygens (including phenoxy) is 2. The number of benzene rings is 1. The Kier molecular flexibility index (Phi) is 5.47. The molecular weight excluding hydrogens is 296 g/mol. The molecule has 18 heavy (non-hydrogen) atoms. The van der Waals surface area contributed by atoms with Crippen molar-refractivity contribution in [3.63, 3.8) is 0 Å². The molecule has 0 aliphatic carbocycles. The van der Waals surface area contributed by atoms with E-state index in [1.54, 1.807) is 14.2 Å². The summed E-state index contributed by atoms with van der Waals surface area (Å²) in [7, 11) is 3.24. The number of halogens is 1. The predicted molar refractivity (Wildman–Crippen MR) is 76.8 cm³/mol. The van der Waals surface area contributed by atoms with Crippen LogP contribution in [0.2, 0.25) is 0 Å². The van der Waals surface area contributed by atoms with E-state index in [1.165, 1.54) is 0 Å². The van der Waals surface area contributed by atoms with Crippen molar-refractivity contribution in [1.82, 2.24) is 0 Å². The van der Waals surface area contributed by atoms with Gasteiger partial charge in [0.25, 0.3) is 0 Å². The third-order valence-electron chi connectivity index (χ3n) is 3.06. The Morgan fingerprint density at radius 3 is 2.22 bits per heavy atom. The van der Waals surface area contributed by atoms with Crippen LogP contribution in [-0.4, -0.2) is 25.9 Å². The summed E-state index contributed by atoms with van der Waals surface area (Å²) < 4.78 is 11.7. The Bertz CT molecular complexity index is 416. The zero-order valence-electron chi connectivity index (χ0n) is 11.6. The summed E-state index contributed by atoms with van der Waals surface area (Å²) >= 11 is 3.60. The van der Waals surface area contributed by atoms with Crippen molar-refractivity contribution in [2.45, 2.75) is 32.6 Å². The minimum absolute atomic E-state index is 0.0681. The molecule has 0 fully saturated rings. The number of aliphatic hydroxyl groups excluding tert-OH is 1. The van der Waals surface area contributed by atoms with Crippen LogP contribution in [-0.2, 0) is 0 Å². The van der Waals surface area contributed by atoms with Gasteiger partial charge in [-0.2, -0.15) is 0 Å². The van der Waals surface area contributed by atoms with Crippen LogP contribution in [0.5, 0.6) is 11.5 Å². The third-order valence-corrected chi connectivity index (χ3v) is 3.85. The highest BCUT2D eigenvalue weighted by atomic mass is 79.9. The van der Waals surface area contributed by atoms with Crippen molar-refractivity contribution < 1.29 is 14.6 Å². The average molecular weight is 317 g/mol. The lowest BCUT2D eigenvalue weighted by Gasteiger charge is -2.22. The van der Waals surface area contributed by atoms with Gasteiger partial charge in [-0.3, -0.25) is 0 Å². The molecule has 0 aromatic heterocycles. The minimum atomic E-state index is 0.0681. The number of rotatable bonds is 5. The maximum Gasteiger partial charge on any atom is 0.175 e. The fourth-order valence-electron chi connectivity index (χ4n) is 2.08. The first kappa shape index (κ1) is 15.3. The van der Waals surface area contributed by atoms with Crippen molar-refractivity contribution in [2.24, 2.45) is 0 Å². The van der Waals surface area contributed by atoms with E-state index in [0.29, 0.717) is 17.4 Å². The quantitative estimate of drug-likeness (QED) is 0.900. The van der Waals surface area contributed by atoms with Gasteiger partial charge in [-0.25, -0.2) is 0 Å². The molecule has 102 valence electrons. The molecule has 0 aliphatic heterocycles. The van der Waals surface area contributed by atoms with Crippen LogP contribution in [0.25, 0.3) is 0 Å². The van der Waals surface area contributed by atoms with Crippen LogP contribution in [0.3, 0.4) is 0 Å². The fraction of sp³-hybridized carbons (Fsp3) is 0.571. The zero-order chi connectivity index (χ0) is 13.9. The number of aliphatic hydroxyl groups is 1. The van der Waals surface area contributed by atoms with E-state index < -0.39 is 0 Å². The van der Waals surface area contributed by atoms with E-state index in [-0.39, 0.29) is 12.5 Å². The summed E-state index contributed by atoms with van der Waals surface area (Å²) in [5, 5.41) is 9.39. The van der Waals surface area contributed by atoms with Gasteiger partial charge in [0.15, 0.2) is 11.5 Å². The van der Waals surface area contributed by atoms with Crippen LogP contribution >= 0.6 is 15.9 Å². The van der Waals surface area contributed by atoms with Gasteiger partial charge in [0.1, 0.15) is 0 Å². The second kappa shape index (κ2) is 6.43. The molecule has 4 heteroatoms. The van der Waals surface area contributed by atoms with Gasteiger partial charge >= 0.3 is 0 Å². The van der Waals surface area contributed by atoms with E-state index in [2.05, 4.69) is 29.8 Å². The molecule has 0 saturated heterocycles. The summed E-state index contributed by atoms with van der Waals surface area (Å²) in [6, 6.07) is 1.96. The highest BCUT2D eigenvalue weighted by molar-refractivity contribution is 9.10. The molecule has 3 nitrogen and oxygen atoms in total. The first-order valence-corrected chi connectivity index (χ1v) is 6.82. The average Bonchev–Trinajstić information content (AvgIpc) is 2.35. The second-order valence-corrected chi connectivity index (χ2v) is 5.46.